The standard InChI is InChI=1S/C26H27O3P/c27-26(30-24-16-7-8-17-24)25-20(18-28-22-12-3-1-4-13-22)10-9-11-21(25)19-29-23-14-5-2-6-15-23/h1-6,9-15,24,27H,7-8,16-19H2/p-1. The summed E-state index contributed by atoms with van der Waals surface area (Å²) in [5, 5.41) is 13.3. The van der Waals surface area contributed by atoms with Crippen molar-refractivity contribution in [2.24, 2.45) is 0 Å². The molecular formula is C26H26O3P-. The van der Waals surface area contributed by atoms with Gasteiger partial charge >= 0.3 is 0 Å². The van der Waals surface area contributed by atoms with E-state index in [1.165, 1.54) is 12.8 Å². The largest absolute Gasteiger partial charge is 0.823 e. The van der Waals surface area contributed by atoms with Gasteiger partial charge in [-0.05, 0) is 59.5 Å². The first-order valence-electron chi connectivity index (χ1n) is 10.5. The molecular weight excluding hydrogens is 391 g/mol. The second kappa shape index (κ2) is 10.4. The molecule has 0 heterocycles. The van der Waals surface area contributed by atoms with E-state index >= 15 is 0 Å². The Kier molecular flexibility index (Phi) is 7.18. The maximum Gasteiger partial charge on any atom is 0.119 e. The smallest absolute Gasteiger partial charge is 0.119 e. The van der Waals surface area contributed by atoms with Crippen molar-refractivity contribution in [2.75, 3.05) is 0 Å². The zero-order chi connectivity index (χ0) is 20.6. The zero-order valence-corrected chi connectivity index (χ0v) is 17.9. The topological polar surface area (TPSA) is 41.5 Å². The summed E-state index contributed by atoms with van der Waals surface area (Å²) in [6.07, 6.45) is 4.75. The molecule has 0 N–H and O–H groups in total. The molecule has 0 bridgehead atoms. The molecule has 4 rings (SSSR count). The second-order valence-corrected chi connectivity index (χ2v) is 8.92. The first kappa shape index (κ1) is 20.7. The monoisotopic (exact) mass is 417 g/mol. The molecule has 3 aromatic rings. The van der Waals surface area contributed by atoms with Crippen LogP contribution < -0.4 is 14.6 Å². The van der Waals surface area contributed by atoms with Gasteiger partial charge in [-0.3, -0.25) is 0 Å². The number of hydrogen-bond acceptors (Lipinski definition) is 3. The summed E-state index contributed by atoms with van der Waals surface area (Å²) in [6.45, 7) is 0.731. The molecule has 3 aromatic carbocycles. The zero-order valence-electron chi connectivity index (χ0n) is 17.0. The molecule has 0 aromatic heterocycles. The Balaban J connectivity index is 1.60. The SMILES string of the molecule is [O-]C(=PC1CCCC1)c1c(COc2ccccc2)cccc1COc1ccccc1. The third-order valence-corrected chi connectivity index (χ3v) is 6.69. The van der Waals surface area contributed by atoms with Crippen molar-refractivity contribution >= 4 is 13.7 Å². The van der Waals surface area contributed by atoms with E-state index in [-0.39, 0.29) is 5.48 Å². The van der Waals surface area contributed by atoms with Crippen molar-refractivity contribution in [2.45, 2.75) is 44.6 Å². The third kappa shape index (κ3) is 5.50. The Morgan fingerprint density at radius 3 is 1.73 bits per heavy atom. The van der Waals surface area contributed by atoms with Gasteiger partial charge in [-0.1, -0.05) is 67.4 Å². The maximum absolute atomic E-state index is 13.3. The van der Waals surface area contributed by atoms with Crippen LogP contribution >= 0.6 is 8.20 Å². The number of para-hydroxylation sites is 2. The lowest BCUT2D eigenvalue weighted by atomic mass is 10.0. The molecule has 0 aliphatic heterocycles. The third-order valence-electron chi connectivity index (χ3n) is 5.35. The van der Waals surface area contributed by atoms with Crippen molar-refractivity contribution in [1.82, 2.24) is 0 Å². The van der Waals surface area contributed by atoms with Gasteiger partial charge in [0.05, 0.1) is 0 Å². The number of rotatable bonds is 8. The predicted molar refractivity (Wildman–Crippen MR) is 121 cm³/mol. The quantitative estimate of drug-likeness (QED) is 0.450. The molecule has 4 heteroatoms. The van der Waals surface area contributed by atoms with Crippen LogP contribution in [0, 0.1) is 0 Å². The van der Waals surface area contributed by atoms with E-state index in [2.05, 4.69) is 0 Å². The van der Waals surface area contributed by atoms with Crippen molar-refractivity contribution in [3.63, 3.8) is 0 Å². The fraction of sp³-hybridized carbons (Fsp3) is 0.269. The Bertz CT molecular complexity index is 902. The van der Waals surface area contributed by atoms with E-state index in [0.717, 1.165) is 49.2 Å². The minimum absolute atomic E-state index is 0.181. The van der Waals surface area contributed by atoms with Gasteiger partial charge in [0, 0.05) is 0 Å². The van der Waals surface area contributed by atoms with E-state index in [0.29, 0.717) is 18.9 Å². The maximum atomic E-state index is 13.3. The number of ether oxygens (including phenoxy) is 2. The lowest BCUT2D eigenvalue weighted by Gasteiger charge is -2.23. The first-order chi connectivity index (χ1) is 14.8. The molecule has 3 nitrogen and oxygen atoms in total. The Morgan fingerprint density at radius 2 is 1.23 bits per heavy atom. The van der Waals surface area contributed by atoms with Gasteiger partial charge in [-0.15, -0.1) is 13.7 Å². The highest BCUT2D eigenvalue weighted by molar-refractivity contribution is 7.41. The van der Waals surface area contributed by atoms with Gasteiger partial charge < -0.3 is 14.6 Å². The molecule has 0 atom stereocenters. The van der Waals surface area contributed by atoms with Gasteiger partial charge in [0.25, 0.3) is 0 Å². The van der Waals surface area contributed by atoms with Gasteiger partial charge in [-0.2, -0.15) is 0 Å². The molecule has 0 spiro atoms. The molecule has 1 fully saturated rings. The van der Waals surface area contributed by atoms with Crippen LogP contribution in [-0.2, 0) is 13.2 Å². The van der Waals surface area contributed by atoms with Crippen molar-refractivity contribution in [1.29, 1.82) is 0 Å². The summed E-state index contributed by atoms with van der Waals surface area (Å²) in [4.78, 5) is 0. The van der Waals surface area contributed by atoms with Gasteiger partial charge in [0.15, 0.2) is 0 Å². The molecule has 30 heavy (non-hydrogen) atoms. The number of hydrogen-bond donors (Lipinski definition) is 0. The van der Waals surface area contributed by atoms with Crippen molar-refractivity contribution in [3.05, 3.63) is 95.6 Å². The molecule has 154 valence electrons. The highest BCUT2D eigenvalue weighted by Crippen LogP contribution is 2.31. The van der Waals surface area contributed by atoms with Crippen LogP contribution in [0.5, 0.6) is 11.5 Å². The first-order valence-corrected chi connectivity index (χ1v) is 11.5. The van der Waals surface area contributed by atoms with E-state index in [4.69, 9.17) is 9.47 Å². The molecule has 0 saturated heterocycles. The second-order valence-electron chi connectivity index (χ2n) is 7.53. The summed E-state index contributed by atoms with van der Waals surface area (Å²) in [5.41, 5.74) is 3.26. The van der Waals surface area contributed by atoms with Crippen LogP contribution in [0.3, 0.4) is 0 Å². The van der Waals surface area contributed by atoms with Crippen LogP contribution in [0.4, 0.5) is 0 Å². The lowest BCUT2D eigenvalue weighted by Crippen LogP contribution is -2.23. The van der Waals surface area contributed by atoms with E-state index in [9.17, 15) is 5.11 Å². The van der Waals surface area contributed by atoms with Crippen LogP contribution in [0.15, 0.2) is 78.9 Å². The average molecular weight is 417 g/mol. The summed E-state index contributed by atoms with van der Waals surface area (Å²) < 4.78 is 11.9. The van der Waals surface area contributed by atoms with Crippen LogP contribution in [-0.4, -0.2) is 11.1 Å². The molecule has 1 aliphatic rings. The number of benzene rings is 3. The normalized spacial score (nSPS) is 14.6. The fourth-order valence-electron chi connectivity index (χ4n) is 3.79. The van der Waals surface area contributed by atoms with Crippen molar-refractivity contribution < 1.29 is 14.6 Å². The van der Waals surface area contributed by atoms with Crippen molar-refractivity contribution in [3.8, 4) is 11.5 Å². The molecule has 1 saturated carbocycles. The highest BCUT2D eigenvalue weighted by atomic mass is 31.1. The summed E-state index contributed by atoms with van der Waals surface area (Å²) in [7, 11) is 0.902. The van der Waals surface area contributed by atoms with Gasteiger partial charge in [0.2, 0.25) is 0 Å². The predicted octanol–water partition coefficient (Wildman–Crippen LogP) is 5.57. The van der Waals surface area contributed by atoms with Crippen LogP contribution in [0.1, 0.15) is 42.4 Å². The molecule has 0 amide bonds. The van der Waals surface area contributed by atoms with Gasteiger partial charge in [-0.25, -0.2) is 0 Å². The summed E-state index contributed by atoms with van der Waals surface area (Å²) in [5.74, 6) is 1.60. The van der Waals surface area contributed by atoms with Gasteiger partial charge in [0.1, 0.15) is 24.7 Å². The Labute approximate surface area is 180 Å². The Morgan fingerprint density at radius 1 is 0.733 bits per heavy atom. The summed E-state index contributed by atoms with van der Waals surface area (Å²) >= 11 is 0. The fourth-order valence-corrected chi connectivity index (χ4v) is 5.16. The van der Waals surface area contributed by atoms with E-state index in [1.54, 1.807) is 0 Å². The van der Waals surface area contributed by atoms with Crippen LogP contribution in [0.2, 0.25) is 0 Å². The lowest BCUT2D eigenvalue weighted by molar-refractivity contribution is -0.207. The minimum atomic E-state index is 0.181. The molecule has 1 aliphatic carbocycles. The summed E-state index contributed by atoms with van der Waals surface area (Å²) in [6, 6.07) is 25.4. The minimum Gasteiger partial charge on any atom is -0.823 e. The average Bonchev–Trinajstić information content (AvgIpc) is 3.30. The Hall–Kier alpha value is -2.61. The van der Waals surface area contributed by atoms with Crippen LogP contribution in [0.25, 0.3) is 0 Å². The molecule has 0 radical (unpaired) electrons. The highest BCUT2D eigenvalue weighted by Gasteiger charge is 2.15. The van der Waals surface area contributed by atoms with E-state index < -0.39 is 0 Å². The molecule has 0 unspecified atom stereocenters. The van der Waals surface area contributed by atoms with E-state index in [1.807, 2.05) is 78.9 Å².